The van der Waals surface area contributed by atoms with Crippen LogP contribution in [0.25, 0.3) is 0 Å². The zero-order valence-corrected chi connectivity index (χ0v) is 19.3. The molecule has 0 radical (unpaired) electrons. The van der Waals surface area contributed by atoms with E-state index in [0.717, 1.165) is 62.0 Å². The summed E-state index contributed by atoms with van der Waals surface area (Å²) in [6.07, 6.45) is 4.40. The average Bonchev–Trinajstić information content (AvgIpc) is 2.83. The third-order valence-corrected chi connectivity index (χ3v) is 6.05. The van der Waals surface area contributed by atoms with Crippen LogP contribution in [-0.4, -0.2) is 65.6 Å². The molecule has 1 aliphatic rings. The lowest BCUT2D eigenvalue weighted by molar-refractivity contribution is 0.200. The summed E-state index contributed by atoms with van der Waals surface area (Å²) >= 11 is 0. The van der Waals surface area contributed by atoms with Crippen molar-refractivity contribution in [3.8, 4) is 23.0 Å². The Bertz CT molecular complexity index is 819. The van der Waals surface area contributed by atoms with E-state index in [9.17, 15) is 0 Å². The number of rotatable bonds is 11. The van der Waals surface area contributed by atoms with E-state index in [1.807, 2.05) is 12.1 Å². The standard InChI is InChI=1S/C25H36N2O4/c1-28-22-7-5-19(17-24(22)30-3)9-13-26-21-11-15-27(16-12-21)14-10-20-6-8-23(29-2)25(18-20)31-4/h5-8,17-18,21,26H,9-16H2,1-4H3. The Morgan fingerprint density at radius 2 is 1.26 bits per heavy atom. The van der Waals surface area contributed by atoms with Gasteiger partial charge in [-0.3, -0.25) is 0 Å². The molecule has 31 heavy (non-hydrogen) atoms. The normalized spacial score (nSPS) is 15.0. The Labute approximate surface area is 186 Å². The fourth-order valence-electron chi connectivity index (χ4n) is 4.14. The molecule has 0 aromatic heterocycles. The van der Waals surface area contributed by atoms with Gasteiger partial charge in [0.2, 0.25) is 0 Å². The number of methoxy groups -OCH3 is 4. The van der Waals surface area contributed by atoms with E-state index in [1.54, 1.807) is 28.4 Å². The summed E-state index contributed by atoms with van der Waals surface area (Å²) in [5.41, 5.74) is 2.55. The van der Waals surface area contributed by atoms with Gasteiger partial charge in [0, 0.05) is 12.6 Å². The first-order chi connectivity index (χ1) is 15.2. The number of likely N-dealkylation sites (tertiary alicyclic amines) is 1. The maximum absolute atomic E-state index is 5.42. The van der Waals surface area contributed by atoms with E-state index in [1.165, 1.54) is 24.0 Å². The van der Waals surface area contributed by atoms with Crippen molar-refractivity contribution >= 4 is 0 Å². The Morgan fingerprint density at radius 3 is 1.77 bits per heavy atom. The number of hydrogen-bond donors (Lipinski definition) is 1. The van der Waals surface area contributed by atoms with Crippen LogP contribution in [-0.2, 0) is 12.8 Å². The maximum Gasteiger partial charge on any atom is 0.160 e. The van der Waals surface area contributed by atoms with Crippen molar-refractivity contribution in [2.75, 3.05) is 54.6 Å². The fourth-order valence-corrected chi connectivity index (χ4v) is 4.14. The maximum atomic E-state index is 5.42. The Hall–Kier alpha value is -2.44. The van der Waals surface area contributed by atoms with Crippen molar-refractivity contribution < 1.29 is 18.9 Å². The molecule has 1 heterocycles. The quantitative estimate of drug-likeness (QED) is 0.591. The van der Waals surface area contributed by atoms with Crippen molar-refractivity contribution in [3.05, 3.63) is 47.5 Å². The molecule has 0 atom stereocenters. The summed E-state index contributed by atoms with van der Waals surface area (Å²) in [6.45, 7) is 4.34. The van der Waals surface area contributed by atoms with Crippen LogP contribution in [0, 0.1) is 0 Å². The third-order valence-electron chi connectivity index (χ3n) is 6.05. The highest BCUT2D eigenvalue weighted by Crippen LogP contribution is 2.28. The summed E-state index contributed by atoms with van der Waals surface area (Å²) in [5.74, 6) is 3.16. The van der Waals surface area contributed by atoms with Crippen molar-refractivity contribution in [2.45, 2.75) is 31.7 Å². The smallest absolute Gasteiger partial charge is 0.160 e. The minimum atomic E-state index is 0.595. The molecule has 1 aliphatic heterocycles. The second kappa shape index (κ2) is 11.8. The summed E-state index contributed by atoms with van der Waals surface area (Å²) in [5, 5.41) is 3.73. The minimum absolute atomic E-state index is 0.595. The molecule has 170 valence electrons. The van der Waals surface area contributed by atoms with Gasteiger partial charge in [-0.05, 0) is 80.7 Å². The van der Waals surface area contributed by atoms with Crippen LogP contribution in [0.15, 0.2) is 36.4 Å². The van der Waals surface area contributed by atoms with Gasteiger partial charge in [-0.1, -0.05) is 12.1 Å². The number of nitrogens with zero attached hydrogens (tertiary/aromatic N) is 1. The first-order valence-electron chi connectivity index (χ1n) is 11.0. The van der Waals surface area contributed by atoms with Crippen LogP contribution in [0.2, 0.25) is 0 Å². The molecule has 1 N–H and O–H groups in total. The van der Waals surface area contributed by atoms with Crippen LogP contribution in [0.4, 0.5) is 0 Å². The third kappa shape index (κ3) is 6.52. The Kier molecular flexibility index (Phi) is 8.85. The van der Waals surface area contributed by atoms with Gasteiger partial charge in [-0.15, -0.1) is 0 Å². The largest absolute Gasteiger partial charge is 0.493 e. The van der Waals surface area contributed by atoms with E-state index in [2.05, 4.69) is 34.5 Å². The van der Waals surface area contributed by atoms with Crippen molar-refractivity contribution in [1.82, 2.24) is 10.2 Å². The number of ether oxygens (including phenoxy) is 4. The molecular weight excluding hydrogens is 392 g/mol. The molecule has 0 saturated carbocycles. The number of benzene rings is 2. The van der Waals surface area contributed by atoms with Gasteiger partial charge in [0.15, 0.2) is 23.0 Å². The molecule has 2 aromatic carbocycles. The van der Waals surface area contributed by atoms with E-state index < -0.39 is 0 Å². The van der Waals surface area contributed by atoms with Gasteiger partial charge >= 0.3 is 0 Å². The topological polar surface area (TPSA) is 52.2 Å². The Morgan fingerprint density at radius 1 is 0.742 bits per heavy atom. The lowest BCUT2D eigenvalue weighted by Gasteiger charge is -2.32. The SMILES string of the molecule is COc1ccc(CCNC2CCN(CCc3ccc(OC)c(OC)c3)CC2)cc1OC. The molecule has 0 unspecified atom stereocenters. The number of hydrogen-bond acceptors (Lipinski definition) is 6. The van der Waals surface area contributed by atoms with Crippen LogP contribution in [0.3, 0.4) is 0 Å². The molecule has 3 rings (SSSR count). The summed E-state index contributed by atoms with van der Waals surface area (Å²) in [4.78, 5) is 2.56. The monoisotopic (exact) mass is 428 g/mol. The molecule has 0 bridgehead atoms. The van der Waals surface area contributed by atoms with Crippen molar-refractivity contribution in [2.24, 2.45) is 0 Å². The molecular formula is C25H36N2O4. The zero-order chi connectivity index (χ0) is 22.1. The molecule has 6 heteroatoms. The van der Waals surface area contributed by atoms with E-state index in [0.29, 0.717) is 6.04 Å². The minimum Gasteiger partial charge on any atom is -0.493 e. The van der Waals surface area contributed by atoms with E-state index in [4.69, 9.17) is 18.9 Å². The number of nitrogens with one attached hydrogen (secondary N) is 1. The molecule has 1 saturated heterocycles. The van der Waals surface area contributed by atoms with Crippen molar-refractivity contribution in [3.63, 3.8) is 0 Å². The van der Waals surface area contributed by atoms with Gasteiger partial charge in [0.05, 0.1) is 28.4 Å². The predicted molar refractivity (Wildman–Crippen MR) is 124 cm³/mol. The lowest BCUT2D eigenvalue weighted by atomic mass is 10.0. The highest BCUT2D eigenvalue weighted by atomic mass is 16.5. The fraction of sp³-hybridized carbons (Fsp3) is 0.520. The van der Waals surface area contributed by atoms with Crippen LogP contribution in [0.5, 0.6) is 23.0 Å². The summed E-state index contributed by atoms with van der Waals surface area (Å²) in [7, 11) is 6.70. The average molecular weight is 429 g/mol. The molecule has 1 fully saturated rings. The Balaban J connectivity index is 1.37. The lowest BCUT2D eigenvalue weighted by Crippen LogP contribution is -2.43. The summed E-state index contributed by atoms with van der Waals surface area (Å²) < 4.78 is 21.5. The predicted octanol–water partition coefficient (Wildman–Crippen LogP) is 3.56. The molecule has 0 aliphatic carbocycles. The van der Waals surface area contributed by atoms with Gasteiger partial charge in [0.1, 0.15) is 0 Å². The van der Waals surface area contributed by atoms with Gasteiger partial charge in [-0.25, -0.2) is 0 Å². The molecule has 0 spiro atoms. The van der Waals surface area contributed by atoms with Crippen molar-refractivity contribution in [1.29, 1.82) is 0 Å². The van der Waals surface area contributed by atoms with E-state index >= 15 is 0 Å². The molecule has 2 aromatic rings. The second-order valence-corrected chi connectivity index (χ2v) is 7.95. The molecule has 6 nitrogen and oxygen atoms in total. The summed E-state index contributed by atoms with van der Waals surface area (Å²) in [6, 6.07) is 13.0. The van der Waals surface area contributed by atoms with Crippen LogP contribution < -0.4 is 24.3 Å². The first-order valence-corrected chi connectivity index (χ1v) is 11.0. The highest BCUT2D eigenvalue weighted by molar-refractivity contribution is 5.43. The second-order valence-electron chi connectivity index (χ2n) is 7.95. The first kappa shape index (κ1) is 23.2. The van der Waals surface area contributed by atoms with Gasteiger partial charge in [0.25, 0.3) is 0 Å². The number of piperidine rings is 1. The molecule has 0 amide bonds. The van der Waals surface area contributed by atoms with Gasteiger partial charge < -0.3 is 29.2 Å². The zero-order valence-electron chi connectivity index (χ0n) is 19.3. The highest BCUT2D eigenvalue weighted by Gasteiger charge is 2.18. The van der Waals surface area contributed by atoms with E-state index in [-0.39, 0.29) is 0 Å². The van der Waals surface area contributed by atoms with Crippen LogP contribution in [0.1, 0.15) is 24.0 Å². The van der Waals surface area contributed by atoms with Crippen LogP contribution >= 0.6 is 0 Å². The van der Waals surface area contributed by atoms with Gasteiger partial charge in [-0.2, -0.15) is 0 Å².